The van der Waals surface area contributed by atoms with Crippen LogP contribution in [0.5, 0.6) is 0 Å². The number of nitrogens with zero attached hydrogens (tertiary/aromatic N) is 3. The lowest BCUT2D eigenvalue weighted by Gasteiger charge is -2.34. The average Bonchev–Trinajstić information content (AvgIpc) is 3.17. The smallest absolute Gasteiger partial charge is 0.269 e. The van der Waals surface area contributed by atoms with E-state index in [0.717, 1.165) is 32.8 Å². The number of aryl methyl sites for hydroxylation is 2. The highest BCUT2D eigenvalue weighted by molar-refractivity contribution is 7.99. The fourth-order valence-electron chi connectivity index (χ4n) is 4.38. The lowest BCUT2D eigenvalue weighted by molar-refractivity contribution is -0.384. The molecule has 1 aliphatic heterocycles. The van der Waals surface area contributed by atoms with Gasteiger partial charge >= 0.3 is 0 Å². The lowest BCUT2D eigenvalue weighted by Crippen LogP contribution is -2.35. The van der Waals surface area contributed by atoms with Crippen LogP contribution in [-0.2, 0) is 5.60 Å². The molecule has 4 aromatic rings. The van der Waals surface area contributed by atoms with Gasteiger partial charge in [-0.3, -0.25) is 10.1 Å². The molecule has 0 aliphatic carbocycles. The van der Waals surface area contributed by atoms with Crippen LogP contribution in [0.2, 0.25) is 0 Å². The molecule has 6 nitrogen and oxygen atoms in total. The van der Waals surface area contributed by atoms with Crippen molar-refractivity contribution in [1.82, 2.24) is 4.40 Å². The van der Waals surface area contributed by atoms with E-state index in [2.05, 4.69) is 6.07 Å². The Morgan fingerprint density at radius 1 is 1.12 bits per heavy atom. The summed E-state index contributed by atoms with van der Waals surface area (Å²) in [6.45, 7) is 3.94. The first kappa shape index (κ1) is 20.3. The van der Waals surface area contributed by atoms with Crippen LogP contribution in [0.25, 0.3) is 16.6 Å². The Hall–Kier alpha value is -3.60. The van der Waals surface area contributed by atoms with Gasteiger partial charge in [0.05, 0.1) is 21.2 Å². The second-order valence-corrected chi connectivity index (χ2v) is 9.07. The Morgan fingerprint density at radius 3 is 2.44 bits per heavy atom. The molecule has 158 valence electrons. The molecule has 0 saturated heterocycles. The van der Waals surface area contributed by atoms with E-state index in [9.17, 15) is 20.5 Å². The second-order valence-electron chi connectivity index (χ2n) is 8.11. The van der Waals surface area contributed by atoms with Crippen LogP contribution in [0, 0.1) is 35.3 Å². The number of benzene rings is 2. The summed E-state index contributed by atoms with van der Waals surface area (Å²) >= 11 is 1.43. The molecule has 2 aromatic heterocycles. The molecule has 32 heavy (non-hydrogen) atoms. The van der Waals surface area contributed by atoms with E-state index in [1.165, 1.54) is 23.9 Å². The first-order chi connectivity index (χ1) is 15.3. The Kier molecular flexibility index (Phi) is 4.59. The van der Waals surface area contributed by atoms with Crippen molar-refractivity contribution in [3.05, 3.63) is 98.7 Å². The number of hydrogen-bond donors (Lipinski definition) is 1. The number of thioether (sulfide) groups is 1. The van der Waals surface area contributed by atoms with E-state index in [0.29, 0.717) is 22.6 Å². The predicted octanol–water partition coefficient (Wildman–Crippen LogP) is 5.34. The summed E-state index contributed by atoms with van der Waals surface area (Å²) in [7, 11) is 0. The van der Waals surface area contributed by atoms with E-state index in [1.807, 2.05) is 54.6 Å². The molecule has 5 rings (SSSR count). The summed E-state index contributed by atoms with van der Waals surface area (Å²) < 4.78 is 1.97. The molecule has 2 aromatic carbocycles. The Bertz CT molecular complexity index is 1430. The van der Waals surface area contributed by atoms with Crippen LogP contribution < -0.4 is 0 Å². The van der Waals surface area contributed by atoms with Crippen molar-refractivity contribution in [2.24, 2.45) is 0 Å². The van der Waals surface area contributed by atoms with Gasteiger partial charge < -0.3 is 9.51 Å². The maximum atomic E-state index is 12.1. The molecule has 7 heteroatoms. The highest BCUT2D eigenvalue weighted by Crippen LogP contribution is 2.48. The standard InChI is InChI=1S/C25H19N3O3S/c1-15-3-5-17(6-4-15)21-12-20-11-16(2)22(13-26)24-27(20)23(21)25(29,14-32-24)18-7-9-19(10-8-18)28(30)31/h3-12,29H,14H2,1-2H3. The Morgan fingerprint density at radius 2 is 1.81 bits per heavy atom. The second kappa shape index (κ2) is 7.23. The summed E-state index contributed by atoms with van der Waals surface area (Å²) in [6.07, 6.45) is 0. The zero-order valence-electron chi connectivity index (χ0n) is 17.5. The van der Waals surface area contributed by atoms with Gasteiger partial charge in [-0.25, -0.2) is 0 Å². The van der Waals surface area contributed by atoms with Gasteiger partial charge in [0.1, 0.15) is 11.7 Å². The number of nitriles is 1. The topological polar surface area (TPSA) is 91.6 Å². The van der Waals surface area contributed by atoms with Crippen LogP contribution >= 0.6 is 11.8 Å². The number of pyridine rings is 1. The average molecular weight is 442 g/mol. The fourth-order valence-corrected chi connectivity index (χ4v) is 5.71. The molecular weight excluding hydrogens is 422 g/mol. The van der Waals surface area contributed by atoms with E-state index in [-0.39, 0.29) is 5.69 Å². The number of nitro groups is 1. The van der Waals surface area contributed by atoms with Gasteiger partial charge in [0.25, 0.3) is 5.69 Å². The first-order valence-corrected chi connectivity index (χ1v) is 11.1. The third kappa shape index (κ3) is 2.92. The zero-order chi connectivity index (χ0) is 22.6. The minimum atomic E-state index is -1.39. The van der Waals surface area contributed by atoms with Gasteiger partial charge in [-0.2, -0.15) is 5.26 Å². The largest absolute Gasteiger partial charge is 0.378 e. The highest BCUT2D eigenvalue weighted by Gasteiger charge is 2.41. The van der Waals surface area contributed by atoms with Crippen LogP contribution in [-0.4, -0.2) is 20.2 Å². The minimum absolute atomic E-state index is 0.0253. The molecule has 0 amide bonds. The lowest BCUT2D eigenvalue weighted by atomic mass is 9.87. The third-order valence-corrected chi connectivity index (χ3v) is 7.27. The Labute approximate surface area is 188 Å². The number of hydrogen-bond acceptors (Lipinski definition) is 5. The van der Waals surface area contributed by atoms with Gasteiger partial charge in [0, 0.05) is 29.0 Å². The molecule has 0 bridgehead atoms. The van der Waals surface area contributed by atoms with Crippen molar-refractivity contribution in [3.8, 4) is 17.2 Å². The SMILES string of the molecule is Cc1ccc(-c2cc3cc(C)c(C#N)c4n3c2C(O)(c2ccc([N+](=O)[O-])cc2)CS4)cc1. The zero-order valence-corrected chi connectivity index (χ0v) is 18.3. The maximum Gasteiger partial charge on any atom is 0.269 e. The van der Waals surface area contributed by atoms with Crippen LogP contribution in [0.3, 0.4) is 0 Å². The fraction of sp³-hybridized carbons (Fsp3) is 0.160. The monoisotopic (exact) mass is 441 g/mol. The van der Waals surface area contributed by atoms with E-state index in [4.69, 9.17) is 0 Å². The summed E-state index contributed by atoms with van der Waals surface area (Å²) in [5.74, 6) is 0.293. The highest BCUT2D eigenvalue weighted by atomic mass is 32.2. The van der Waals surface area contributed by atoms with Crippen molar-refractivity contribution in [2.75, 3.05) is 5.75 Å². The molecule has 1 unspecified atom stereocenters. The maximum absolute atomic E-state index is 12.1. The molecular formula is C25H19N3O3S. The first-order valence-electron chi connectivity index (χ1n) is 10.1. The Balaban J connectivity index is 1.84. The normalized spacial score (nSPS) is 17.3. The van der Waals surface area contributed by atoms with Crippen molar-refractivity contribution in [3.63, 3.8) is 0 Å². The number of rotatable bonds is 3. The van der Waals surface area contributed by atoms with Gasteiger partial charge in [0.2, 0.25) is 0 Å². The number of aromatic nitrogens is 1. The summed E-state index contributed by atoms with van der Waals surface area (Å²) in [4.78, 5) is 10.7. The molecule has 1 aliphatic rings. The molecule has 1 atom stereocenters. The number of nitro benzene ring substituents is 1. The van der Waals surface area contributed by atoms with E-state index in [1.54, 1.807) is 12.1 Å². The summed E-state index contributed by atoms with van der Waals surface area (Å²) in [5, 5.41) is 33.8. The van der Waals surface area contributed by atoms with Gasteiger partial charge in [-0.15, -0.1) is 11.8 Å². The minimum Gasteiger partial charge on any atom is -0.378 e. The molecule has 1 N–H and O–H groups in total. The van der Waals surface area contributed by atoms with Crippen molar-refractivity contribution in [1.29, 1.82) is 5.26 Å². The van der Waals surface area contributed by atoms with Gasteiger partial charge in [-0.1, -0.05) is 29.8 Å². The summed E-state index contributed by atoms with van der Waals surface area (Å²) in [6, 6.07) is 20.5. The predicted molar refractivity (Wildman–Crippen MR) is 124 cm³/mol. The van der Waals surface area contributed by atoms with Crippen molar-refractivity contribution >= 4 is 23.0 Å². The van der Waals surface area contributed by atoms with Gasteiger partial charge in [-0.05, 0) is 54.8 Å². The molecule has 0 radical (unpaired) electrons. The molecule has 3 heterocycles. The third-order valence-electron chi connectivity index (χ3n) is 6.04. The van der Waals surface area contributed by atoms with Gasteiger partial charge in [0.15, 0.2) is 0 Å². The van der Waals surface area contributed by atoms with Crippen LogP contribution in [0.1, 0.15) is 27.9 Å². The van der Waals surface area contributed by atoms with Crippen molar-refractivity contribution < 1.29 is 10.0 Å². The number of aliphatic hydroxyl groups is 1. The van der Waals surface area contributed by atoms with Crippen LogP contribution in [0.4, 0.5) is 5.69 Å². The molecule has 0 saturated carbocycles. The van der Waals surface area contributed by atoms with E-state index >= 15 is 0 Å². The quantitative estimate of drug-likeness (QED) is 0.342. The number of non-ortho nitro benzene ring substituents is 1. The van der Waals surface area contributed by atoms with Crippen LogP contribution in [0.15, 0.2) is 65.7 Å². The van der Waals surface area contributed by atoms with E-state index < -0.39 is 10.5 Å². The van der Waals surface area contributed by atoms with Crippen molar-refractivity contribution in [2.45, 2.75) is 24.5 Å². The molecule has 0 spiro atoms. The molecule has 0 fully saturated rings. The summed E-state index contributed by atoms with van der Waals surface area (Å²) in [5.41, 5.74) is 5.20.